The van der Waals surface area contributed by atoms with Crippen LogP contribution in [0.2, 0.25) is 0 Å². The second kappa shape index (κ2) is 8.41. The Bertz CT molecular complexity index is 784. The van der Waals surface area contributed by atoms with Crippen molar-refractivity contribution < 1.29 is 9.59 Å². The molecule has 26 heavy (non-hydrogen) atoms. The van der Waals surface area contributed by atoms with Crippen molar-refractivity contribution in [2.45, 2.75) is 30.7 Å². The van der Waals surface area contributed by atoms with Crippen molar-refractivity contribution >= 4 is 23.6 Å². The molecule has 0 aliphatic carbocycles. The average molecular weight is 369 g/mol. The molecule has 0 radical (unpaired) electrons. The van der Waals surface area contributed by atoms with Crippen LogP contribution in [-0.4, -0.2) is 42.1 Å². The molecule has 5 heteroatoms. The average Bonchev–Trinajstić information content (AvgIpc) is 2.69. The predicted molar refractivity (Wildman–Crippen MR) is 106 cm³/mol. The number of amides is 2. The van der Waals surface area contributed by atoms with Gasteiger partial charge in [-0.2, -0.15) is 0 Å². The molecule has 1 heterocycles. The normalized spacial score (nSPS) is 14.9. The topological polar surface area (TPSA) is 49.4 Å². The summed E-state index contributed by atoms with van der Waals surface area (Å²) >= 11 is 1.64. The van der Waals surface area contributed by atoms with Gasteiger partial charge < -0.3 is 10.2 Å². The van der Waals surface area contributed by atoms with E-state index in [1.807, 2.05) is 66.6 Å². The van der Waals surface area contributed by atoms with Crippen LogP contribution in [0, 0.1) is 6.92 Å². The molecule has 1 aliphatic heterocycles. The largest absolute Gasteiger partial charge is 0.349 e. The molecule has 0 aromatic heterocycles. The van der Waals surface area contributed by atoms with Gasteiger partial charge in [0.05, 0.1) is 0 Å². The van der Waals surface area contributed by atoms with Gasteiger partial charge in [-0.05, 0) is 55.9 Å². The number of carbonyl (C=O) groups excluding carboxylic acids is 2. The van der Waals surface area contributed by atoms with Crippen LogP contribution in [0.4, 0.5) is 0 Å². The molecule has 1 saturated heterocycles. The SMILES string of the molecule is CSc1ccc(C)c(C(=O)N2CCC(NC(=O)c3ccccc3)CC2)c1. The van der Waals surface area contributed by atoms with E-state index in [-0.39, 0.29) is 17.9 Å². The van der Waals surface area contributed by atoms with E-state index in [9.17, 15) is 9.59 Å². The number of nitrogens with one attached hydrogen (secondary N) is 1. The highest BCUT2D eigenvalue weighted by atomic mass is 32.2. The van der Waals surface area contributed by atoms with Gasteiger partial charge in [0.1, 0.15) is 0 Å². The minimum absolute atomic E-state index is 0.0427. The van der Waals surface area contributed by atoms with Gasteiger partial charge in [0.15, 0.2) is 0 Å². The van der Waals surface area contributed by atoms with Crippen LogP contribution < -0.4 is 5.32 Å². The van der Waals surface area contributed by atoms with Crippen molar-refractivity contribution in [1.29, 1.82) is 0 Å². The Morgan fingerprint density at radius 1 is 1.08 bits per heavy atom. The molecule has 2 aromatic rings. The van der Waals surface area contributed by atoms with Crippen molar-refractivity contribution in [3.8, 4) is 0 Å². The highest BCUT2D eigenvalue weighted by Gasteiger charge is 2.25. The third-order valence-electron chi connectivity index (χ3n) is 4.83. The Morgan fingerprint density at radius 3 is 2.42 bits per heavy atom. The van der Waals surface area contributed by atoms with Crippen LogP contribution >= 0.6 is 11.8 Å². The lowest BCUT2D eigenvalue weighted by Crippen LogP contribution is -2.46. The lowest BCUT2D eigenvalue weighted by Gasteiger charge is -2.32. The lowest BCUT2D eigenvalue weighted by molar-refractivity contribution is 0.0697. The van der Waals surface area contributed by atoms with E-state index in [0.717, 1.165) is 28.9 Å². The molecular formula is C21H24N2O2S. The molecule has 3 rings (SSSR count). The summed E-state index contributed by atoms with van der Waals surface area (Å²) in [6.45, 7) is 3.31. The molecule has 2 amide bonds. The van der Waals surface area contributed by atoms with Gasteiger partial charge >= 0.3 is 0 Å². The molecule has 1 N–H and O–H groups in total. The fourth-order valence-electron chi connectivity index (χ4n) is 3.21. The van der Waals surface area contributed by atoms with E-state index in [1.54, 1.807) is 11.8 Å². The number of likely N-dealkylation sites (tertiary alicyclic amines) is 1. The lowest BCUT2D eigenvalue weighted by atomic mass is 10.0. The van der Waals surface area contributed by atoms with Crippen LogP contribution in [0.3, 0.4) is 0 Å². The number of rotatable bonds is 4. The van der Waals surface area contributed by atoms with Crippen LogP contribution in [0.25, 0.3) is 0 Å². The van der Waals surface area contributed by atoms with Crippen molar-refractivity contribution in [1.82, 2.24) is 10.2 Å². The van der Waals surface area contributed by atoms with E-state index >= 15 is 0 Å². The fourth-order valence-corrected chi connectivity index (χ4v) is 3.65. The second-order valence-electron chi connectivity index (χ2n) is 6.59. The molecule has 4 nitrogen and oxygen atoms in total. The summed E-state index contributed by atoms with van der Waals surface area (Å²) in [6.07, 6.45) is 3.58. The zero-order valence-corrected chi connectivity index (χ0v) is 16.0. The predicted octanol–water partition coefficient (Wildman–Crippen LogP) is 3.75. The van der Waals surface area contributed by atoms with E-state index in [1.165, 1.54) is 0 Å². The minimum Gasteiger partial charge on any atom is -0.349 e. The fraction of sp³-hybridized carbons (Fsp3) is 0.333. The summed E-state index contributed by atoms with van der Waals surface area (Å²) in [5, 5.41) is 3.08. The number of hydrogen-bond donors (Lipinski definition) is 1. The summed E-state index contributed by atoms with van der Waals surface area (Å²) in [4.78, 5) is 28.1. The quantitative estimate of drug-likeness (QED) is 0.836. The summed E-state index contributed by atoms with van der Waals surface area (Å²) in [5.41, 5.74) is 2.46. The van der Waals surface area contributed by atoms with E-state index in [4.69, 9.17) is 0 Å². The highest BCUT2D eigenvalue weighted by molar-refractivity contribution is 7.98. The standard InChI is InChI=1S/C21H24N2O2S/c1-15-8-9-18(26-2)14-19(15)21(25)23-12-10-17(11-13-23)22-20(24)16-6-4-3-5-7-16/h3-9,14,17H,10-13H2,1-2H3,(H,22,24). The molecule has 0 saturated carbocycles. The first-order chi connectivity index (χ1) is 12.6. The molecule has 0 atom stereocenters. The number of piperidine rings is 1. The number of hydrogen-bond acceptors (Lipinski definition) is 3. The van der Waals surface area contributed by atoms with Gasteiger partial charge in [-0.1, -0.05) is 24.3 Å². The third-order valence-corrected chi connectivity index (χ3v) is 5.55. The van der Waals surface area contributed by atoms with Gasteiger partial charge in [0.25, 0.3) is 11.8 Å². The first-order valence-corrected chi connectivity index (χ1v) is 10.1. The van der Waals surface area contributed by atoms with Crippen LogP contribution in [0.1, 0.15) is 39.1 Å². The summed E-state index contributed by atoms with van der Waals surface area (Å²) in [5.74, 6) is 0.0464. The number of aryl methyl sites for hydroxylation is 1. The zero-order valence-electron chi connectivity index (χ0n) is 15.2. The minimum atomic E-state index is -0.0427. The summed E-state index contributed by atoms with van der Waals surface area (Å²) in [7, 11) is 0. The second-order valence-corrected chi connectivity index (χ2v) is 7.47. The van der Waals surface area contributed by atoms with Crippen LogP contribution in [-0.2, 0) is 0 Å². The Balaban J connectivity index is 1.58. The molecule has 1 aliphatic rings. The van der Waals surface area contributed by atoms with Gasteiger partial charge in [-0.15, -0.1) is 11.8 Å². The van der Waals surface area contributed by atoms with Crippen molar-refractivity contribution in [2.24, 2.45) is 0 Å². The number of benzene rings is 2. The number of carbonyl (C=O) groups is 2. The van der Waals surface area contributed by atoms with E-state index in [0.29, 0.717) is 18.7 Å². The Kier molecular flexibility index (Phi) is 5.99. The third kappa shape index (κ3) is 4.28. The maximum Gasteiger partial charge on any atom is 0.254 e. The van der Waals surface area contributed by atoms with Gasteiger partial charge in [0.2, 0.25) is 0 Å². The Hall–Kier alpha value is -2.27. The number of thioether (sulfide) groups is 1. The van der Waals surface area contributed by atoms with E-state index in [2.05, 4.69) is 5.32 Å². The monoisotopic (exact) mass is 368 g/mol. The maximum atomic E-state index is 12.9. The van der Waals surface area contributed by atoms with Gasteiger partial charge in [0, 0.05) is 35.2 Å². The first-order valence-electron chi connectivity index (χ1n) is 8.88. The molecule has 0 bridgehead atoms. The molecule has 2 aromatic carbocycles. The van der Waals surface area contributed by atoms with Gasteiger partial charge in [-0.25, -0.2) is 0 Å². The van der Waals surface area contributed by atoms with Crippen LogP contribution in [0.5, 0.6) is 0 Å². The molecular weight excluding hydrogens is 344 g/mol. The van der Waals surface area contributed by atoms with Gasteiger partial charge in [-0.3, -0.25) is 9.59 Å². The summed E-state index contributed by atoms with van der Waals surface area (Å²) < 4.78 is 0. The van der Waals surface area contributed by atoms with E-state index < -0.39 is 0 Å². The Labute approximate surface area is 159 Å². The smallest absolute Gasteiger partial charge is 0.254 e. The van der Waals surface area contributed by atoms with Crippen molar-refractivity contribution in [3.63, 3.8) is 0 Å². The van der Waals surface area contributed by atoms with Crippen molar-refractivity contribution in [2.75, 3.05) is 19.3 Å². The van der Waals surface area contributed by atoms with Crippen molar-refractivity contribution in [3.05, 3.63) is 65.2 Å². The molecule has 0 unspecified atom stereocenters. The molecule has 0 spiro atoms. The number of nitrogens with zero attached hydrogens (tertiary/aromatic N) is 1. The maximum absolute atomic E-state index is 12.9. The zero-order chi connectivity index (χ0) is 18.5. The first kappa shape index (κ1) is 18.5. The summed E-state index contributed by atoms with van der Waals surface area (Å²) in [6, 6.07) is 15.4. The Morgan fingerprint density at radius 2 is 1.77 bits per heavy atom. The van der Waals surface area contributed by atoms with Crippen LogP contribution in [0.15, 0.2) is 53.4 Å². The molecule has 1 fully saturated rings. The molecule has 136 valence electrons. The highest BCUT2D eigenvalue weighted by Crippen LogP contribution is 2.22.